The molecule has 4 N–H and O–H groups in total. The van der Waals surface area contributed by atoms with Crippen molar-refractivity contribution in [3.63, 3.8) is 0 Å². The molecule has 0 aliphatic carbocycles. The van der Waals surface area contributed by atoms with Gasteiger partial charge in [-0.1, -0.05) is 58.3 Å². The van der Waals surface area contributed by atoms with E-state index in [2.05, 4.69) is 17.0 Å². The van der Waals surface area contributed by atoms with Crippen LogP contribution in [-0.4, -0.2) is 43.3 Å². The Hall–Kier alpha value is -1.14. The van der Waals surface area contributed by atoms with Gasteiger partial charge in [0.25, 0.3) is 0 Å². The average Bonchev–Trinajstić information content (AvgIpc) is 2.59. The van der Waals surface area contributed by atoms with E-state index >= 15 is 0 Å². The van der Waals surface area contributed by atoms with Crippen LogP contribution in [0.4, 0.5) is 0 Å². The smallest absolute Gasteiger partial charge is 0.328 e. The molecular formula is C18H38N2O4. The summed E-state index contributed by atoms with van der Waals surface area (Å²) in [6.45, 7) is 4.34. The Morgan fingerprint density at radius 1 is 1.04 bits per heavy atom. The fraction of sp³-hybridized carbons (Fsp3) is 0.889. The molecule has 144 valence electrons. The number of nitrogens with two attached hydrogens (primary N) is 1. The Kier molecular flexibility index (Phi) is 20.8. The van der Waals surface area contributed by atoms with Crippen LogP contribution < -0.4 is 11.1 Å². The van der Waals surface area contributed by atoms with E-state index < -0.39 is 12.0 Å². The Balaban J connectivity index is 0. The summed E-state index contributed by atoms with van der Waals surface area (Å²) in [7, 11) is 1.32. The van der Waals surface area contributed by atoms with Crippen molar-refractivity contribution in [2.75, 3.05) is 20.3 Å². The van der Waals surface area contributed by atoms with Crippen LogP contribution in [0.25, 0.3) is 0 Å². The van der Waals surface area contributed by atoms with Crippen molar-refractivity contribution in [2.24, 2.45) is 5.73 Å². The molecule has 1 atom stereocenters. The van der Waals surface area contributed by atoms with E-state index in [-0.39, 0.29) is 12.5 Å². The lowest BCUT2D eigenvalue weighted by Crippen LogP contribution is -2.38. The maximum absolute atomic E-state index is 11.6. The molecule has 24 heavy (non-hydrogen) atoms. The number of amides is 1. The van der Waals surface area contributed by atoms with Crippen molar-refractivity contribution in [2.45, 2.75) is 84.1 Å². The van der Waals surface area contributed by atoms with Crippen LogP contribution in [0.2, 0.25) is 0 Å². The molecule has 0 rings (SSSR count). The second-order valence-corrected chi connectivity index (χ2v) is 5.90. The molecule has 0 aromatic carbocycles. The first-order valence-corrected chi connectivity index (χ1v) is 9.21. The van der Waals surface area contributed by atoms with Gasteiger partial charge in [-0.05, 0) is 13.3 Å². The van der Waals surface area contributed by atoms with Crippen LogP contribution >= 0.6 is 0 Å². The van der Waals surface area contributed by atoms with Crippen molar-refractivity contribution in [1.29, 1.82) is 0 Å². The first kappa shape index (κ1) is 25.1. The molecule has 0 aromatic rings. The molecule has 0 aliphatic rings. The minimum atomic E-state index is -0.550. The number of esters is 1. The number of nitrogens with one attached hydrogen (secondary N) is 1. The van der Waals surface area contributed by atoms with E-state index in [9.17, 15) is 9.59 Å². The molecule has 0 radical (unpaired) electrons. The van der Waals surface area contributed by atoms with Crippen LogP contribution in [0.1, 0.15) is 78.1 Å². The lowest BCUT2D eigenvalue weighted by atomic mass is 10.1. The molecular weight excluding hydrogens is 308 g/mol. The Bertz CT molecular complexity index is 297. The summed E-state index contributed by atoms with van der Waals surface area (Å²) in [6, 6.07) is -0.550. The van der Waals surface area contributed by atoms with Gasteiger partial charge in [0.2, 0.25) is 5.91 Å². The van der Waals surface area contributed by atoms with Gasteiger partial charge in [0.05, 0.1) is 13.7 Å². The highest BCUT2D eigenvalue weighted by molar-refractivity contribution is 5.83. The van der Waals surface area contributed by atoms with Gasteiger partial charge >= 0.3 is 5.97 Å². The molecule has 0 fully saturated rings. The van der Waals surface area contributed by atoms with Gasteiger partial charge < -0.3 is 20.9 Å². The third kappa shape index (κ3) is 18.9. The van der Waals surface area contributed by atoms with Crippen LogP contribution in [0, 0.1) is 0 Å². The number of ether oxygens (including phenoxy) is 1. The van der Waals surface area contributed by atoms with Gasteiger partial charge in [0.1, 0.15) is 6.04 Å². The number of aliphatic hydroxyl groups excluding tert-OH is 1. The zero-order valence-corrected chi connectivity index (χ0v) is 15.8. The molecule has 0 spiro atoms. The minimum Gasteiger partial charge on any atom is -0.467 e. The van der Waals surface area contributed by atoms with Crippen LogP contribution in [0.3, 0.4) is 0 Å². The topological polar surface area (TPSA) is 102 Å². The van der Waals surface area contributed by atoms with Crippen molar-refractivity contribution in [1.82, 2.24) is 5.32 Å². The van der Waals surface area contributed by atoms with E-state index in [1.807, 2.05) is 0 Å². The summed E-state index contributed by atoms with van der Waals surface area (Å²) in [5.41, 5.74) is 4.78. The van der Waals surface area contributed by atoms with E-state index in [1.165, 1.54) is 52.1 Å². The highest BCUT2D eigenvalue weighted by Gasteiger charge is 2.14. The first-order chi connectivity index (χ1) is 11.5. The number of carbonyl (C=O) groups is 2. The van der Waals surface area contributed by atoms with Gasteiger partial charge in [-0.2, -0.15) is 0 Å². The molecule has 0 saturated heterocycles. The largest absolute Gasteiger partial charge is 0.467 e. The standard InChI is InChI=1S/C16H31NO3.C2H7NO/c1-4-5-6-7-8-9-10-11-12-13-15(18)17-14(2)16(19)20-3;3-1-2-4/h14H,4-13H2,1-3H3,(H,17,18);4H,1-3H2/t14-;/m0./s1. The lowest BCUT2D eigenvalue weighted by molar-refractivity contribution is -0.144. The fourth-order valence-electron chi connectivity index (χ4n) is 2.15. The molecule has 1 amide bonds. The fourth-order valence-corrected chi connectivity index (χ4v) is 2.15. The van der Waals surface area contributed by atoms with Gasteiger partial charge in [0.15, 0.2) is 0 Å². The zero-order valence-electron chi connectivity index (χ0n) is 15.8. The van der Waals surface area contributed by atoms with Gasteiger partial charge in [0, 0.05) is 13.0 Å². The lowest BCUT2D eigenvalue weighted by Gasteiger charge is -2.11. The molecule has 0 heterocycles. The van der Waals surface area contributed by atoms with Crippen LogP contribution in [-0.2, 0) is 14.3 Å². The maximum atomic E-state index is 11.6. The van der Waals surface area contributed by atoms with Crippen molar-refractivity contribution in [3.8, 4) is 0 Å². The highest BCUT2D eigenvalue weighted by Crippen LogP contribution is 2.10. The van der Waals surface area contributed by atoms with E-state index in [4.69, 9.17) is 10.8 Å². The Morgan fingerprint density at radius 2 is 1.50 bits per heavy atom. The quantitative estimate of drug-likeness (QED) is 0.351. The summed E-state index contributed by atoms with van der Waals surface area (Å²) < 4.78 is 4.56. The van der Waals surface area contributed by atoms with Crippen LogP contribution in [0.5, 0.6) is 0 Å². The summed E-state index contributed by atoms with van der Waals surface area (Å²) in [5, 5.41) is 10.4. The molecule has 6 heteroatoms. The SMILES string of the molecule is CCCCCCCCCCCC(=O)N[C@@H](C)C(=O)OC.NCCO. The predicted octanol–water partition coefficient (Wildman–Crippen LogP) is 2.52. The number of carbonyl (C=O) groups excluding carboxylic acids is 2. The van der Waals surface area contributed by atoms with Crippen molar-refractivity contribution < 1.29 is 19.4 Å². The normalized spacial score (nSPS) is 11.2. The number of hydrogen-bond acceptors (Lipinski definition) is 5. The van der Waals surface area contributed by atoms with Gasteiger partial charge in [-0.15, -0.1) is 0 Å². The Morgan fingerprint density at radius 3 is 1.92 bits per heavy atom. The second kappa shape index (κ2) is 19.9. The highest BCUT2D eigenvalue weighted by atomic mass is 16.5. The van der Waals surface area contributed by atoms with Gasteiger partial charge in [-0.25, -0.2) is 4.79 Å². The summed E-state index contributed by atoms with van der Waals surface area (Å²) in [5.74, 6) is -0.462. The molecule has 6 nitrogen and oxygen atoms in total. The maximum Gasteiger partial charge on any atom is 0.328 e. The van der Waals surface area contributed by atoms with E-state index in [0.29, 0.717) is 13.0 Å². The molecule has 0 bridgehead atoms. The van der Waals surface area contributed by atoms with Crippen molar-refractivity contribution in [3.05, 3.63) is 0 Å². The zero-order chi connectivity index (χ0) is 18.6. The third-order valence-electron chi connectivity index (χ3n) is 3.57. The Labute approximate surface area is 147 Å². The second-order valence-electron chi connectivity index (χ2n) is 5.90. The van der Waals surface area contributed by atoms with Gasteiger partial charge in [-0.3, -0.25) is 4.79 Å². The summed E-state index contributed by atoms with van der Waals surface area (Å²) in [4.78, 5) is 22.7. The summed E-state index contributed by atoms with van der Waals surface area (Å²) in [6.07, 6.45) is 11.6. The summed E-state index contributed by atoms with van der Waals surface area (Å²) >= 11 is 0. The number of rotatable bonds is 13. The number of hydrogen-bond donors (Lipinski definition) is 3. The van der Waals surface area contributed by atoms with Crippen LogP contribution in [0.15, 0.2) is 0 Å². The average molecular weight is 347 g/mol. The predicted molar refractivity (Wildman–Crippen MR) is 97.6 cm³/mol. The first-order valence-electron chi connectivity index (χ1n) is 9.21. The monoisotopic (exact) mass is 346 g/mol. The number of aliphatic hydroxyl groups is 1. The third-order valence-corrected chi connectivity index (χ3v) is 3.57. The molecule has 0 saturated carbocycles. The minimum absolute atomic E-state index is 0.0640. The van der Waals surface area contributed by atoms with E-state index in [0.717, 1.165) is 12.8 Å². The molecule has 0 aliphatic heterocycles. The molecule has 0 aromatic heterocycles. The molecule has 0 unspecified atom stereocenters. The number of unbranched alkanes of at least 4 members (excludes halogenated alkanes) is 8. The van der Waals surface area contributed by atoms with Crippen molar-refractivity contribution >= 4 is 11.9 Å². The number of methoxy groups -OCH3 is 1. The van der Waals surface area contributed by atoms with E-state index in [1.54, 1.807) is 6.92 Å².